The fourth-order valence-corrected chi connectivity index (χ4v) is 1.11. The molecule has 0 aliphatic heterocycles. The van der Waals surface area contributed by atoms with Crippen molar-refractivity contribution < 1.29 is 9.18 Å². The highest BCUT2D eigenvalue weighted by Crippen LogP contribution is 2.04. The van der Waals surface area contributed by atoms with Crippen LogP contribution in [0.2, 0.25) is 0 Å². The molecule has 0 bridgehead atoms. The summed E-state index contributed by atoms with van der Waals surface area (Å²) in [5.74, 6) is -0.372. The van der Waals surface area contributed by atoms with Gasteiger partial charge in [-0.15, -0.1) is 0 Å². The summed E-state index contributed by atoms with van der Waals surface area (Å²) in [4.78, 5) is 11.3. The Labute approximate surface area is 82.2 Å². The molecule has 14 heavy (non-hydrogen) atoms. The van der Waals surface area contributed by atoms with Crippen molar-refractivity contribution in [2.24, 2.45) is 5.73 Å². The van der Waals surface area contributed by atoms with Gasteiger partial charge in [0.2, 0.25) is 0 Å². The average Bonchev–Trinajstić information content (AvgIpc) is 2.07. The molecule has 0 unspecified atom stereocenters. The summed E-state index contributed by atoms with van der Waals surface area (Å²) in [6.07, 6.45) is 1.64. The van der Waals surface area contributed by atoms with E-state index in [0.29, 0.717) is 5.70 Å². The van der Waals surface area contributed by atoms with Crippen LogP contribution < -0.4 is 5.73 Å². The molecule has 0 aliphatic rings. The molecule has 1 rings (SSSR count). The smallest absolute Gasteiger partial charge is 0.161 e. The van der Waals surface area contributed by atoms with Gasteiger partial charge in [0.15, 0.2) is 5.78 Å². The van der Waals surface area contributed by atoms with Crippen molar-refractivity contribution in [2.45, 2.75) is 13.3 Å². The molecule has 0 saturated heterocycles. The highest BCUT2D eigenvalue weighted by Gasteiger charge is 2.00. The molecule has 0 spiro atoms. The van der Waals surface area contributed by atoms with Crippen LogP contribution in [0.5, 0.6) is 0 Å². The number of halogens is 1. The van der Waals surface area contributed by atoms with Crippen LogP contribution in [0, 0.1) is 5.82 Å². The molecule has 3 heteroatoms. The Morgan fingerprint density at radius 2 is 2.00 bits per heavy atom. The third-order valence-corrected chi connectivity index (χ3v) is 1.68. The molecule has 0 amide bonds. The van der Waals surface area contributed by atoms with E-state index in [1.54, 1.807) is 19.1 Å². The lowest BCUT2D eigenvalue weighted by Gasteiger charge is -1.97. The Bertz CT molecular complexity index is 350. The van der Waals surface area contributed by atoms with Crippen LogP contribution in [-0.2, 0) is 11.2 Å². The summed E-state index contributed by atoms with van der Waals surface area (Å²) in [6.45, 7) is 1.66. The molecule has 74 valence electrons. The van der Waals surface area contributed by atoms with Gasteiger partial charge in [0.25, 0.3) is 0 Å². The van der Waals surface area contributed by atoms with Crippen molar-refractivity contribution >= 4 is 5.78 Å². The van der Waals surface area contributed by atoms with Crippen LogP contribution in [0.1, 0.15) is 12.5 Å². The topological polar surface area (TPSA) is 43.1 Å². The molecular formula is C11H12FNO. The van der Waals surface area contributed by atoms with Crippen molar-refractivity contribution in [1.82, 2.24) is 0 Å². The normalized spacial score (nSPS) is 11.4. The number of carbonyl (C=O) groups excluding carboxylic acids is 1. The number of ketones is 1. The number of nitrogens with two attached hydrogens (primary N) is 1. The quantitative estimate of drug-likeness (QED) is 0.744. The van der Waals surface area contributed by atoms with Gasteiger partial charge in [-0.05, 0) is 30.7 Å². The maximum absolute atomic E-state index is 12.5. The molecule has 2 N–H and O–H groups in total. The Kier molecular flexibility index (Phi) is 3.40. The van der Waals surface area contributed by atoms with Gasteiger partial charge in [-0.1, -0.05) is 12.1 Å². The first-order valence-corrected chi connectivity index (χ1v) is 4.29. The second-order valence-corrected chi connectivity index (χ2v) is 3.16. The maximum atomic E-state index is 12.5. The standard InChI is InChI=1S/C11H12FNO/c1-8(13)6-11(14)7-9-2-4-10(12)5-3-9/h2-6H,7,13H2,1H3/b8-6-. The van der Waals surface area contributed by atoms with E-state index in [1.165, 1.54) is 18.2 Å². The molecule has 2 nitrogen and oxygen atoms in total. The molecule has 1 aromatic carbocycles. The second kappa shape index (κ2) is 4.56. The minimum atomic E-state index is -0.299. The zero-order valence-corrected chi connectivity index (χ0v) is 7.96. The van der Waals surface area contributed by atoms with Crippen LogP contribution in [-0.4, -0.2) is 5.78 Å². The van der Waals surface area contributed by atoms with E-state index in [9.17, 15) is 9.18 Å². The van der Waals surface area contributed by atoms with Crippen molar-refractivity contribution in [2.75, 3.05) is 0 Å². The van der Waals surface area contributed by atoms with E-state index in [4.69, 9.17) is 5.73 Å². The molecular weight excluding hydrogens is 181 g/mol. The van der Waals surface area contributed by atoms with Crippen LogP contribution in [0.25, 0.3) is 0 Å². The highest BCUT2D eigenvalue weighted by molar-refractivity contribution is 5.91. The molecule has 0 atom stereocenters. The van der Waals surface area contributed by atoms with E-state index in [-0.39, 0.29) is 18.0 Å². The average molecular weight is 193 g/mol. The third kappa shape index (κ3) is 3.39. The Balaban J connectivity index is 2.66. The third-order valence-electron chi connectivity index (χ3n) is 1.68. The lowest BCUT2D eigenvalue weighted by atomic mass is 10.1. The number of allylic oxidation sites excluding steroid dienone is 2. The predicted molar refractivity (Wildman–Crippen MR) is 53.1 cm³/mol. The highest BCUT2D eigenvalue weighted by atomic mass is 19.1. The summed E-state index contributed by atoms with van der Waals surface area (Å²) in [6, 6.07) is 5.85. The van der Waals surface area contributed by atoms with Gasteiger partial charge in [-0.25, -0.2) is 4.39 Å². The SMILES string of the molecule is C/C(N)=C/C(=O)Cc1ccc(F)cc1. The zero-order chi connectivity index (χ0) is 10.6. The number of rotatable bonds is 3. The van der Waals surface area contributed by atoms with E-state index in [2.05, 4.69) is 0 Å². The van der Waals surface area contributed by atoms with Gasteiger partial charge in [0.05, 0.1) is 0 Å². The van der Waals surface area contributed by atoms with Gasteiger partial charge >= 0.3 is 0 Å². The molecule has 0 fully saturated rings. The van der Waals surface area contributed by atoms with Crippen molar-refractivity contribution in [3.63, 3.8) is 0 Å². The van der Waals surface area contributed by atoms with Gasteiger partial charge in [0, 0.05) is 12.1 Å². The fraction of sp³-hybridized carbons (Fsp3) is 0.182. The van der Waals surface area contributed by atoms with E-state index < -0.39 is 0 Å². The zero-order valence-electron chi connectivity index (χ0n) is 7.96. The Morgan fingerprint density at radius 3 is 2.50 bits per heavy atom. The molecule has 0 saturated carbocycles. The molecule has 0 aromatic heterocycles. The summed E-state index contributed by atoms with van der Waals surface area (Å²) in [5, 5.41) is 0. The lowest BCUT2D eigenvalue weighted by Crippen LogP contribution is -2.02. The van der Waals surface area contributed by atoms with Crippen molar-refractivity contribution in [3.05, 3.63) is 47.4 Å². The van der Waals surface area contributed by atoms with Crippen LogP contribution >= 0.6 is 0 Å². The van der Waals surface area contributed by atoms with Crippen LogP contribution in [0.3, 0.4) is 0 Å². The number of benzene rings is 1. The summed E-state index contributed by atoms with van der Waals surface area (Å²) < 4.78 is 12.5. The first-order chi connectivity index (χ1) is 6.58. The van der Waals surface area contributed by atoms with Gasteiger partial charge < -0.3 is 5.73 Å². The first kappa shape index (κ1) is 10.4. The molecule has 0 aliphatic carbocycles. The van der Waals surface area contributed by atoms with Crippen LogP contribution in [0.15, 0.2) is 36.0 Å². The molecule has 1 aromatic rings. The van der Waals surface area contributed by atoms with Crippen molar-refractivity contribution in [3.8, 4) is 0 Å². The summed E-state index contributed by atoms with van der Waals surface area (Å²) in [5.41, 5.74) is 6.62. The Morgan fingerprint density at radius 1 is 1.43 bits per heavy atom. The molecule has 0 heterocycles. The minimum Gasteiger partial charge on any atom is -0.402 e. The Hall–Kier alpha value is -1.64. The van der Waals surface area contributed by atoms with Crippen molar-refractivity contribution in [1.29, 1.82) is 0 Å². The second-order valence-electron chi connectivity index (χ2n) is 3.16. The van der Waals surface area contributed by atoms with E-state index in [1.807, 2.05) is 0 Å². The summed E-state index contributed by atoms with van der Waals surface area (Å²) >= 11 is 0. The van der Waals surface area contributed by atoms with Crippen LogP contribution in [0.4, 0.5) is 4.39 Å². The number of hydrogen-bond donors (Lipinski definition) is 1. The lowest BCUT2D eigenvalue weighted by molar-refractivity contribution is -0.114. The molecule has 0 radical (unpaired) electrons. The van der Waals surface area contributed by atoms with E-state index >= 15 is 0 Å². The number of carbonyl (C=O) groups is 1. The summed E-state index contributed by atoms with van der Waals surface area (Å²) in [7, 11) is 0. The monoisotopic (exact) mass is 193 g/mol. The fourth-order valence-electron chi connectivity index (χ4n) is 1.11. The van der Waals surface area contributed by atoms with Gasteiger partial charge in [0.1, 0.15) is 5.82 Å². The minimum absolute atomic E-state index is 0.0726. The van der Waals surface area contributed by atoms with Gasteiger partial charge in [-0.3, -0.25) is 4.79 Å². The largest absolute Gasteiger partial charge is 0.402 e. The number of hydrogen-bond acceptors (Lipinski definition) is 2. The predicted octanol–water partition coefficient (Wildman–Crippen LogP) is 1.80. The van der Waals surface area contributed by atoms with E-state index in [0.717, 1.165) is 5.56 Å². The maximum Gasteiger partial charge on any atom is 0.161 e. The van der Waals surface area contributed by atoms with Gasteiger partial charge in [-0.2, -0.15) is 0 Å². The first-order valence-electron chi connectivity index (χ1n) is 4.29.